The van der Waals surface area contributed by atoms with Crippen LogP contribution in [0.1, 0.15) is 0 Å². The molecule has 0 bridgehead atoms. The van der Waals surface area contributed by atoms with Gasteiger partial charge in [-0.05, 0) is 6.07 Å². The molecule has 0 aromatic carbocycles. The first kappa shape index (κ1) is 5.25. The number of pyridine rings is 1. The Morgan fingerprint density at radius 2 is 2.38 bits per heavy atom. The van der Waals surface area contributed by atoms with Crippen LogP contribution < -0.4 is 5.32 Å². The standard InChI is InChI=1S/C6H8N2/c1-7-6-4-2-3-5-8-6/h2-5H,1H3,(H,7,8)/p+1. The van der Waals surface area contributed by atoms with E-state index in [9.17, 15) is 0 Å². The SMILES string of the molecule is C[NH2+]c1ccccn1. The highest BCUT2D eigenvalue weighted by Crippen LogP contribution is 1.87. The van der Waals surface area contributed by atoms with Crippen molar-refractivity contribution in [1.82, 2.24) is 4.98 Å². The third kappa shape index (κ3) is 1.04. The van der Waals surface area contributed by atoms with Crippen molar-refractivity contribution in [3.63, 3.8) is 0 Å². The van der Waals surface area contributed by atoms with Crippen molar-refractivity contribution in [2.75, 3.05) is 7.05 Å². The molecular formula is C6H9N2+. The Morgan fingerprint density at radius 3 is 2.75 bits per heavy atom. The van der Waals surface area contributed by atoms with Crippen molar-refractivity contribution in [2.24, 2.45) is 0 Å². The van der Waals surface area contributed by atoms with E-state index in [0.29, 0.717) is 0 Å². The molecule has 1 rings (SSSR count). The first-order chi connectivity index (χ1) is 3.93. The van der Waals surface area contributed by atoms with Gasteiger partial charge in [0.2, 0.25) is 5.82 Å². The second kappa shape index (κ2) is 2.43. The second-order valence-electron chi connectivity index (χ2n) is 1.54. The van der Waals surface area contributed by atoms with Crippen molar-refractivity contribution in [1.29, 1.82) is 0 Å². The highest BCUT2D eigenvalue weighted by molar-refractivity contribution is 5.14. The van der Waals surface area contributed by atoms with E-state index in [-0.39, 0.29) is 0 Å². The summed E-state index contributed by atoms with van der Waals surface area (Å²) in [7, 11) is 1.97. The molecule has 2 heteroatoms. The molecule has 0 aliphatic carbocycles. The zero-order chi connectivity index (χ0) is 5.82. The number of hydrogen-bond donors (Lipinski definition) is 1. The highest BCUT2D eigenvalue weighted by atomic mass is 14.9. The summed E-state index contributed by atoms with van der Waals surface area (Å²) in [5.74, 6) is 1.03. The minimum absolute atomic E-state index is 1.03. The van der Waals surface area contributed by atoms with Gasteiger partial charge >= 0.3 is 0 Å². The Labute approximate surface area is 48.6 Å². The minimum atomic E-state index is 1.03. The molecule has 0 saturated heterocycles. The summed E-state index contributed by atoms with van der Waals surface area (Å²) in [5, 5.41) is 1.97. The molecule has 2 nitrogen and oxygen atoms in total. The smallest absolute Gasteiger partial charge is 0.223 e. The van der Waals surface area contributed by atoms with Crippen molar-refractivity contribution in [2.45, 2.75) is 0 Å². The monoisotopic (exact) mass is 109 g/mol. The van der Waals surface area contributed by atoms with E-state index in [1.807, 2.05) is 30.6 Å². The van der Waals surface area contributed by atoms with Gasteiger partial charge in [0.05, 0.1) is 7.05 Å². The number of aromatic nitrogens is 1. The Balaban J connectivity index is 2.83. The highest BCUT2D eigenvalue weighted by Gasteiger charge is 1.85. The van der Waals surface area contributed by atoms with Crippen LogP contribution in [0.2, 0.25) is 0 Å². The van der Waals surface area contributed by atoms with Crippen LogP contribution in [-0.2, 0) is 0 Å². The maximum atomic E-state index is 4.04. The van der Waals surface area contributed by atoms with E-state index >= 15 is 0 Å². The molecule has 0 unspecified atom stereocenters. The van der Waals surface area contributed by atoms with E-state index in [4.69, 9.17) is 0 Å². The molecule has 0 radical (unpaired) electrons. The largest absolute Gasteiger partial charge is 0.300 e. The van der Waals surface area contributed by atoms with Crippen LogP contribution in [0.3, 0.4) is 0 Å². The fourth-order valence-corrected chi connectivity index (χ4v) is 0.547. The van der Waals surface area contributed by atoms with E-state index < -0.39 is 0 Å². The van der Waals surface area contributed by atoms with E-state index in [0.717, 1.165) is 5.82 Å². The molecule has 0 saturated carbocycles. The molecule has 0 aliphatic heterocycles. The molecule has 0 amide bonds. The molecule has 8 heavy (non-hydrogen) atoms. The lowest BCUT2D eigenvalue weighted by atomic mass is 10.5. The molecule has 0 fully saturated rings. The Hall–Kier alpha value is -0.890. The Bertz CT molecular complexity index is 148. The van der Waals surface area contributed by atoms with Crippen LogP contribution in [-0.4, -0.2) is 12.0 Å². The van der Waals surface area contributed by atoms with Gasteiger partial charge in [0, 0.05) is 12.3 Å². The van der Waals surface area contributed by atoms with Gasteiger partial charge in [0.15, 0.2) is 0 Å². The van der Waals surface area contributed by atoms with E-state index in [2.05, 4.69) is 4.98 Å². The van der Waals surface area contributed by atoms with Gasteiger partial charge in [-0.15, -0.1) is 0 Å². The van der Waals surface area contributed by atoms with Crippen molar-refractivity contribution >= 4 is 5.82 Å². The van der Waals surface area contributed by atoms with E-state index in [1.165, 1.54) is 0 Å². The summed E-state index contributed by atoms with van der Waals surface area (Å²) in [6.45, 7) is 0. The van der Waals surface area contributed by atoms with Crippen LogP contribution in [0, 0.1) is 0 Å². The van der Waals surface area contributed by atoms with Gasteiger partial charge in [-0.1, -0.05) is 6.07 Å². The second-order valence-corrected chi connectivity index (χ2v) is 1.54. The van der Waals surface area contributed by atoms with E-state index in [1.54, 1.807) is 6.20 Å². The summed E-state index contributed by atoms with van der Waals surface area (Å²) in [6, 6.07) is 5.86. The van der Waals surface area contributed by atoms with Crippen molar-refractivity contribution in [3.8, 4) is 0 Å². The zero-order valence-electron chi connectivity index (χ0n) is 4.83. The minimum Gasteiger partial charge on any atom is -0.300 e. The first-order valence-corrected chi connectivity index (χ1v) is 2.64. The van der Waals surface area contributed by atoms with Crippen LogP contribution >= 0.6 is 0 Å². The molecule has 0 aliphatic rings. The average Bonchev–Trinajstić information content (AvgIpc) is 1.90. The number of hydrogen-bond acceptors (Lipinski definition) is 1. The maximum Gasteiger partial charge on any atom is 0.223 e. The fraction of sp³-hybridized carbons (Fsp3) is 0.167. The number of rotatable bonds is 1. The molecule has 1 aromatic heterocycles. The number of nitrogens with two attached hydrogens (primary N) is 1. The predicted molar refractivity (Wildman–Crippen MR) is 31.7 cm³/mol. The van der Waals surface area contributed by atoms with Crippen LogP contribution in [0.15, 0.2) is 24.4 Å². The van der Waals surface area contributed by atoms with Crippen LogP contribution in [0.5, 0.6) is 0 Å². The summed E-state index contributed by atoms with van der Waals surface area (Å²) in [6.07, 6.45) is 1.79. The normalized spacial score (nSPS) is 9.12. The number of quaternary nitrogens is 1. The molecule has 1 heterocycles. The molecule has 2 N–H and O–H groups in total. The molecule has 0 atom stereocenters. The van der Waals surface area contributed by atoms with Crippen LogP contribution in [0.25, 0.3) is 0 Å². The quantitative estimate of drug-likeness (QED) is 0.536. The van der Waals surface area contributed by atoms with Crippen LogP contribution in [0.4, 0.5) is 5.82 Å². The summed E-state index contributed by atoms with van der Waals surface area (Å²) < 4.78 is 0. The molecular weight excluding hydrogens is 100 g/mol. The maximum absolute atomic E-state index is 4.04. The molecule has 0 spiro atoms. The van der Waals surface area contributed by atoms with Gasteiger partial charge in [-0.25, -0.2) is 4.98 Å². The van der Waals surface area contributed by atoms with Gasteiger partial charge in [0.25, 0.3) is 0 Å². The third-order valence-corrected chi connectivity index (χ3v) is 0.984. The topological polar surface area (TPSA) is 29.5 Å². The summed E-state index contributed by atoms with van der Waals surface area (Å²) in [4.78, 5) is 4.04. The van der Waals surface area contributed by atoms with Gasteiger partial charge < -0.3 is 0 Å². The lowest BCUT2D eigenvalue weighted by Crippen LogP contribution is -2.73. The lowest BCUT2D eigenvalue weighted by Gasteiger charge is -1.86. The number of nitrogens with zero attached hydrogens (tertiary/aromatic N) is 1. The van der Waals surface area contributed by atoms with Gasteiger partial charge in [-0.2, -0.15) is 0 Å². The fourth-order valence-electron chi connectivity index (χ4n) is 0.547. The average molecular weight is 109 g/mol. The Kier molecular flexibility index (Phi) is 1.59. The van der Waals surface area contributed by atoms with Gasteiger partial charge in [0.1, 0.15) is 0 Å². The predicted octanol–water partition coefficient (Wildman–Crippen LogP) is -0.0937. The molecule has 42 valence electrons. The summed E-state index contributed by atoms with van der Waals surface area (Å²) >= 11 is 0. The third-order valence-electron chi connectivity index (χ3n) is 0.984. The molecule has 1 aromatic rings. The van der Waals surface area contributed by atoms with Crippen molar-refractivity contribution in [3.05, 3.63) is 24.4 Å². The lowest BCUT2D eigenvalue weighted by molar-refractivity contribution is -0.543. The summed E-state index contributed by atoms with van der Waals surface area (Å²) in [5.41, 5.74) is 0. The zero-order valence-corrected chi connectivity index (χ0v) is 4.83. The Morgan fingerprint density at radius 1 is 1.50 bits per heavy atom. The van der Waals surface area contributed by atoms with Crippen molar-refractivity contribution < 1.29 is 5.32 Å². The first-order valence-electron chi connectivity index (χ1n) is 2.64. The van der Waals surface area contributed by atoms with Gasteiger partial charge in [-0.3, -0.25) is 5.32 Å².